The fourth-order valence-electron chi connectivity index (χ4n) is 3.52. The molecule has 0 saturated carbocycles. The second-order valence-corrected chi connectivity index (χ2v) is 6.96. The van der Waals surface area contributed by atoms with Gasteiger partial charge in [0.05, 0.1) is 41.7 Å². The number of hydrogen-bond acceptors (Lipinski definition) is 5. The van der Waals surface area contributed by atoms with Gasteiger partial charge in [-0.2, -0.15) is 10.2 Å². The van der Waals surface area contributed by atoms with Crippen LogP contribution in [-0.4, -0.2) is 27.1 Å². The summed E-state index contributed by atoms with van der Waals surface area (Å²) in [6.45, 7) is 7.81. The minimum atomic E-state index is -0.280. The van der Waals surface area contributed by atoms with E-state index < -0.39 is 0 Å². The number of methoxy groups -OCH3 is 1. The molecule has 0 unspecified atom stereocenters. The number of hydrogen-bond donors (Lipinski definition) is 2. The van der Waals surface area contributed by atoms with Gasteiger partial charge in [-0.1, -0.05) is 23.7 Å². The first kappa shape index (κ1) is 19.6. The lowest BCUT2D eigenvalue weighted by molar-refractivity contribution is 0.415. The van der Waals surface area contributed by atoms with Crippen molar-refractivity contribution < 1.29 is 4.74 Å². The number of nitrogens with two attached hydrogens (primary N) is 1. The summed E-state index contributed by atoms with van der Waals surface area (Å²) in [6.07, 6.45) is 1.71. The van der Waals surface area contributed by atoms with Crippen LogP contribution < -0.4 is 16.0 Å². The van der Waals surface area contributed by atoms with Crippen molar-refractivity contribution in [2.45, 2.75) is 6.54 Å². The van der Waals surface area contributed by atoms with Crippen LogP contribution in [0.15, 0.2) is 41.3 Å². The molecule has 2 aromatic carbocycles. The van der Waals surface area contributed by atoms with Crippen LogP contribution >= 0.6 is 11.6 Å². The predicted molar refractivity (Wildman–Crippen MR) is 116 cm³/mol. The first-order valence-electron chi connectivity index (χ1n) is 8.98. The molecule has 0 bridgehead atoms. The van der Waals surface area contributed by atoms with Crippen LogP contribution in [0, 0.1) is 6.57 Å². The molecule has 9 heteroatoms. The fraction of sp³-hybridized carbons (Fsp3) is 0.143. The molecule has 0 spiro atoms. The summed E-state index contributed by atoms with van der Waals surface area (Å²) in [7, 11) is 3.30. The smallest absolute Gasteiger partial charge is 0.272 e. The van der Waals surface area contributed by atoms with Crippen LogP contribution in [0.25, 0.3) is 38.0 Å². The Labute approximate surface area is 176 Å². The zero-order chi connectivity index (χ0) is 21.4. The van der Waals surface area contributed by atoms with Crippen LogP contribution in [0.3, 0.4) is 0 Å². The van der Waals surface area contributed by atoms with E-state index in [1.54, 1.807) is 36.1 Å². The number of rotatable bonds is 4. The minimum absolute atomic E-state index is 0.187. The van der Waals surface area contributed by atoms with Crippen molar-refractivity contribution in [1.82, 2.24) is 20.0 Å². The number of aromatic nitrogens is 4. The lowest BCUT2D eigenvalue weighted by atomic mass is 9.98. The van der Waals surface area contributed by atoms with E-state index >= 15 is 0 Å². The van der Waals surface area contributed by atoms with Gasteiger partial charge in [-0.15, -0.1) is 0 Å². The van der Waals surface area contributed by atoms with E-state index in [-0.39, 0.29) is 22.8 Å². The second kappa shape index (κ2) is 7.63. The van der Waals surface area contributed by atoms with Gasteiger partial charge in [0.1, 0.15) is 5.75 Å². The summed E-state index contributed by atoms with van der Waals surface area (Å²) in [6, 6.07) is 8.94. The Bertz CT molecular complexity index is 1380. The average Bonchev–Trinajstić information content (AvgIpc) is 3.14. The van der Waals surface area contributed by atoms with Gasteiger partial charge in [-0.25, -0.2) is 9.94 Å². The highest BCUT2D eigenvalue weighted by atomic mass is 35.5. The van der Waals surface area contributed by atoms with Crippen LogP contribution in [0.5, 0.6) is 5.75 Å². The van der Waals surface area contributed by atoms with Gasteiger partial charge in [0.2, 0.25) is 5.69 Å². The number of aromatic amines is 1. The number of aryl methyl sites for hydroxylation is 1. The van der Waals surface area contributed by atoms with Crippen molar-refractivity contribution in [1.29, 1.82) is 0 Å². The Morgan fingerprint density at radius 2 is 2.07 bits per heavy atom. The maximum atomic E-state index is 12.1. The quantitative estimate of drug-likeness (QED) is 0.490. The molecule has 0 fully saturated rings. The largest absolute Gasteiger partial charge is 0.497 e. The Morgan fingerprint density at radius 3 is 2.77 bits per heavy atom. The van der Waals surface area contributed by atoms with Crippen LogP contribution in [-0.2, 0) is 13.6 Å². The Kier molecular flexibility index (Phi) is 4.99. The average molecular weight is 421 g/mol. The highest BCUT2D eigenvalue weighted by Crippen LogP contribution is 2.44. The van der Waals surface area contributed by atoms with Crippen molar-refractivity contribution in [3.8, 4) is 28.1 Å². The van der Waals surface area contributed by atoms with E-state index in [4.69, 9.17) is 28.6 Å². The number of fused-ring (bicyclic) bond motifs is 1. The minimum Gasteiger partial charge on any atom is -0.497 e. The van der Waals surface area contributed by atoms with Crippen LogP contribution in [0.2, 0.25) is 5.02 Å². The normalized spacial score (nSPS) is 10.9. The third-order valence-corrected chi connectivity index (χ3v) is 5.34. The van der Waals surface area contributed by atoms with Gasteiger partial charge in [-0.05, 0) is 23.8 Å². The van der Waals surface area contributed by atoms with Gasteiger partial charge < -0.3 is 10.5 Å². The molecule has 0 saturated heterocycles. The first-order chi connectivity index (χ1) is 14.5. The van der Waals surface area contributed by atoms with E-state index in [1.165, 1.54) is 7.11 Å². The van der Waals surface area contributed by atoms with E-state index in [9.17, 15) is 4.79 Å². The predicted octanol–water partition coefficient (Wildman–Crippen LogP) is 3.66. The molecule has 8 nitrogen and oxygen atoms in total. The number of H-pyrrole nitrogens is 1. The zero-order valence-corrected chi connectivity index (χ0v) is 17.0. The molecule has 30 heavy (non-hydrogen) atoms. The summed E-state index contributed by atoms with van der Waals surface area (Å²) in [4.78, 5) is 15.8. The maximum absolute atomic E-state index is 12.1. The Balaban J connectivity index is 1.98. The van der Waals surface area contributed by atoms with Gasteiger partial charge >= 0.3 is 0 Å². The fourth-order valence-corrected chi connectivity index (χ4v) is 3.80. The highest BCUT2D eigenvalue weighted by Gasteiger charge is 2.21. The number of halogens is 1. The first-order valence-corrected chi connectivity index (χ1v) is 9.36. The summed E-state index contributed by atoms with van der Waals surface area (Å²) in [5.41, 5.74) is 9.34. The van der Waals surface area contributed by atoms with E-state index in [0.717, 1.165) is 16.8 Å². The zero-order valence-electron chi connectivity index (χ0n) is 16.2. The van der Waals surface area contributed by atoms with Crippen molar-refractivity contribution in [3.63, 3.8) is 0 Å². The maximum Gasteiger partial charge on any atom is 0.272 e. The molecular formula is C21H17ClN6O2. The number of benzene rings is 2. The summed E-state index contributed by atoms with van der Waals surface area (Å²) in [5.74, 6) is 0.429. The van der Waals surface area contributed by atoms with E-state index in [0.29, 0.717) is 27.8 Å². The molecule has 0 amide bonds. The summed E-state index contributed by atoms with van der Waals surface area (Å²) >= 11 is 6.39. The molecule has 0 aliphatic heterocycles. The molecule has 4 aromatic rings. The number of ether oxygens (including phenoxy) is 1. The molecule has 0 radical (unpaired) electrons. The molecule has 0 aliphatic rings. The Morgan fingerprint density at radius 1 is 1.27 bits per heavy atom. The third kappa shape index (κ3) is 3.01. The van der Waals surface area contributed by atoms with Crippen molar-refractivity contribution >= 4 is 28.1 Å². The van der Waals surface area contributed by atoms with Crippen molar-refractivity contribution in [2.24, 2.45) is 12.8 Å². The Hall–Kier alpha value is -3.67. The molecular weight excluding hydrogens is 404 g/mol. The monoisotopic (exact) mass is 420 g/mol. The molecule has 4 rings (SSSR count). The van der Waals surface area contributed by atoms with Crippen LogP contribution in [0.1, 0.15) is 5.69 Å². The van der Waals surface area contributed by atoms with Crippen LogP contribution in [0.4, 0.5) is 5.69 Å². The van der Waals surface area contributed by atoms with Gasteiger partial charge in [-0.3, -0.25) is 9.48 Å². The third-order valence-electron chi connectivity index (χ3n) is 4.98. The van der Waals surface area contributed by atoms with E-state index in [2.05, 4.69) is 20.1 Å². The molecule has 2 aromatic heterocycles. The lowest BCUT2D eigenvalue weighted by Crippen LogP contribution is -2.13. The van der Waals surface area contributed by atoms with E-state index in [1.807, 2.05) is 12.1 Å². The second-order valence-electron chi connectivity index (χ2n) is 6.58. The van der Waals surface area contributed by atoms with Gasteiger partial charge in [0.15, 0.2) is 0 Å². The van der Waals surface area contributed by atoms with Gasteiger partial charge in [0, 0.05) is 30.1 Å². The molecule has 0 aliphatic carbocycles. The van der Waals surface area contributed by atoms with Gasteiger partial charge in [0.25, 0.3) is 5.56 Å². The topological polar surface area (TPSA) is 103 Å². The standard InChI is InChI=1S/C21H17ClN6O2/c1-24-19-13(6-7-17(30-3)18(19)22)20-15(10-25-28(20)2)11-4-5-12-14(8-11)16(9-23)26-27-21(12)29/h4-8,10H,9,23H2,2-3H3,(H,27,29). The summed E-state index contributed by atoms with van der Waals surface area (Å²) in [5, 5.41) is 12.3. The highest BCUT2D eigenvalue weighted by molar-refractivity contribution is 6.35. The number of nitrogens with zero attached hydrogens (tertiary/aromatic N) is 4. The number of nitrogens with one attached hydrogen (secondary N) is 1. The molecule has 2 heterocycles. The summed E-state index contributed by atoms with van der Waals surface area (Å²) < 4.78 is 6.93. The SMILES string of the molecule is [C-]#[N+]c1c(-c2c(-c3ccc4c(=O)[nH]nc(CN)c4c3)cnn2C)ccc(OC)c1Cl. The lowest BCUT2D eigenvalue weighted by Gasteiger charge is -2.13. The molecule has 0 atom stereocenters. The molecule has 150 valence electrons. The molecule has 3 N–H and O–H groups in total. The van der Waals surface area contributed by atoms with Crippen molar-refractivity contribution in [3.05, 3.63) is 69.0 Å². The van der Waals surface area contributed by atoms with Crippen molar-refractivity contribution in [2.75, 3.05) is 7.11 Å².